The third kappa shape index (κ3) is 3.62. The molecule has 1 heterocycles. The summed E-state index contributed by atoms with van der Waals surface area (Å²) in [6.45, 7) is 0.570. The van der Waals surface area contributed by atoms with Gasteiger partial charge in [0.1, 0.15) is 5.75 Å². The van der Waals surface area contributed by atoms with E-state index in [4.69, 9.17) is 4.74 Å². The maximum Gasteiger partial charge on any atom is 0.317 e. The maximum absolute atomic E-state index is 12.3. The fraction of sp³-hybridized carbons (Fsp3) is 0.333. The van der Waals surface area contributed by atoms with Crippen LogP contribution in [0.25, 0.3) is 0 Å². The van der Waals surface area contributed by atoms with Crippen molar-refractivity contribution >= 4 is 6.03 Å². The number of pyridine rings is 1. The Balaban J connectivity index is 1.55. The van der Waals surface area contributed by atoms with Gasteiger partial charge in [-0.15, -0.1) is 0 Å². The molecule has 1 aromatic heterocycles. The van der Waals surface area contributed by atoms with E-state index in [0.717, 1.165) is 23.3 Å². The highest BCUT2D eigenvalue weighted by molar-refractivity contribution is 5.75. The van der Waals surface area contributed by atoms with E-state index in [-0.39, 0.29) is 12.1 Å². The zero-order chi connectivity index (χ0) is 16.2. The molecule has 3 rings (SSSR count). The van der Waals surface area contributed by atoms with Gasteiger partial charge in [-0.2, -0.15) is 0 Å². The summed E-state index contributed by atoms with van der Waals surface area (Å²) < 4.78 is 5.40. The van der Waals surface area contributed by atoms with Gasteiger partial charge in [0, 0.05) is 37.9 Å². The van der Waals surface area contributed by atoms with Crippen LogP contribution in [-0.4, -0.2) is 36.1 Å². The second kappa shape index (κ2) is 6.69. The van der Waals surface area contributed by atoms with E-state index in [9.17, 15) is 4.79 Å². The number of rotatable bonds is 5. The van der Waals surface area contributed by atoms with Gasteiger partial charge in [-0.25, -0.2) is 4.79 Å². The monoisotopic (exact) mass is 311 g/mol. The molecule has 120 valence electrons. The van der Waals surface area contributed by atoms with Gasteiger partial charge in [0.05, 0.1) is 7.11 Å². The van der Waals surface area contributed by atoms with Gasteiger partial charge in [-0.1, -0.05) is 18.2 Å². The van der Waals surface area contributed by atoms with Crippen LogP contribution in [0.5, 0.6) is 5.75 Å². The number of hydrogen-bond donors (Lipinski definition) is 1. The lowest BCUT2D eigenvalue weighted by Crippen LogP contribution is -2.38. The summed E-state index contributed by atoms with van der Waals surface area (Å²) in [5, 5.41) is 3.09. The number of aromatic nitrogens is 1. The lowest BCUT2D eigenvalue weighted by Gasteiger charge is -2.18. The summed E-state index contributed by atoms with van der Waals surface area (Å²) in [7, 11) is 3.48. The van der Waals surface area contributed by atoms with Gasteiger partial charge in [0.2, 0.25) is 0 Å². The first-order valence-electron chi connectivity index (χ1n) is 7.72. The van der Waals surface area contributed by atoms with Crippen molar-refractivity contribution in [3.05, 3.63) is 59.9 Å². The summed E-state index contributed by atoms with van der Waals surface area (Å²) in [4.78, 5) is 18.0. The van der Waals surface area contributed by atoms with E-state index in [1.807, 2.05) is 30.3 Å². The number of urea groups is 1. The molecule has 1 fully saturated rings. The molecule has 2 aromatic rings. The van der Waals surface area contributed by atoms with Gasteiger partial charge in [-0.3, -0.25) is 4.98 Å². The number of carbonyl (C=O) groups is 1. The first-order chi connectivity index (χ1) is 11.2. The van der Waals surface area contributed by atoms with Crippen molar-refractivity contribution in [2.75, 3.05) is 14.2 Å². The van der Waals surface area contributed by atoms with Crippen molar-refractivity contribution < 1.29 is 9.53 Å². The summed E-state index contributed by atoms with van der Waals surface area (Å²) in [5.74, 6) is 1.23. The minimum absolute atomic E-state index is 0.0517. The molecule has 1 N–H and O–H groups in total. The van der Waals surface area contributed by atoms with Crippen LogP contribution in [0.4, 0.5) is 4.79 Å². The third-order valence-corrected chi connectivity index (χ3v) is 4.15. The van der Waals surface area contributed by atoms with Crippen molar-refractivity contribution in [3.63, 3.8) is 0 Å². The highest BCUT2D eigenvalue weighted by Crippen LogP contribution is 2.44. The zero-order valence-electron chi connectivity index (χ0n) is 13.4. The van der Waals surface area contributed by atoms with E-state index in [1.54, 1.807) is 31.5 Å². The summed E-state index contributed by atoms with van der Waals surface area (Å²) in [6.07, 6.45) is 4.43. The number of benzene rings is 1. The smallest absolute Gasteiger partial charge is 0.317 e. The molecule has 1 aromatic carbocycles. The van der Waals surface area contributed by atoms with Crippen LogP contribution in [0, 0.1) is 0 Å². The van der Waals surface area contributed by atoms with E-state index in [1.165, 1.54) is 0 Å². The van der Waals surface area contributed by atoms with Crippen molar-refractivity contribution in [1.82, 2.24) is 15.2 Å². The van der Waals surface area contributed by atoms with E-state index in [0.29, 0.717) is 12.5 Å². The molecular weight excluding hydrogens is 290 g/mol. The van der Waals surface area contributed by atoms with Crippen molar-refractivity contribution in [3.8, 4) is 5.75 Å². The molecule has 1 saturated carbocycles. The summed E-state index contributed by atoms with van der Waals surface area (Å²) in [5.41, 5.74) is 2.23. The molecule has 2 amide bonds. The van der Waals surface area contributed by atoms with Crippen molar-refractivity contribution in [1.29, 1.82) is 0 Å². The maximum atomic E-state index is 12.3. The number of para-hydroxylation sites is 1. The molecule has 23 heavy (non-hydrogen) atoms. The summed E-state index contributed by atoms with van der Waals surface area (Å²) >= 11 is 0. The highest BCUT2D eigenvalue weighted by atomic mass is 16.5. The lowest BCUT2D eigenvalue weighted by atomic mass is 10.1. The number of ether oxygens (including phenoxy) is 1. The Morgan fingerprint density at radius 3 is 2.78 bits per heavy atom. The molecule has 0 unspecified atom stereocenters. The molecule has 0 radical (unpaired) electrons. The first-order valence-corrected chi connectivity index (χ1v) is 7.72. The normalized spacial score (nSPS) is 19.0. The van der Waals surface area contributed by atoms with Crippen LogP contribution in [-0.2, 0) is 6.54 Å². The second-order valence-electron chi connectivity index (χ2n) is 5.85. The molecule has 0 saturated heterocycles. The predicted molar refractivity (Wildman–Crippen MR) is 88.4 cm³/mol. The van der Waals surface area contributed by atoms with Gasteiger partial charge in [-0.05, 0) is 35.7 Å². The highest BCUT2D eigenvalue weighted by Gasteiger charge is 2.41. The largest absolute Gasteiger partial charge is 0.496 e. The predicted octanol–water partition coefficient (Wildman–Crippen LogP) is 2.79. The van der Waals surface area contributed by atoms with Gasteiger partial charge in [0.25, 0.3) is 0 Å². The topological polar surface area (TPSA) is 54.5 Å². The van der Waals surface area contributed by atoms with E-state index in [2.05, 4.69) is 16.4 Å². The Morgan fingerprint density at radius 2 is 2.04 bits per heavy atom. The third-order valence-electron chi connectivity index (χ3n) is 4.15. The number of methoxy groups -OCH3 is 1. The number of carbonyl (C=O) groups excluding carboxylic acids is 1. The fourth-order valence-corrected chi connectivity index (χ4v) is 2.77. The van der Waals surface area contributed by atoms with Gasteiger partial charge < -0.3 is 15.0 Å². The number of hydrogen-bond acceptors (Lipinski definition) is 3. The van der Waals surface area contributed by atoms with E-state index < -0.39 is 0 Å². The molecule has 1 aliphatic rings. The Bertz CT molecular complexity index is 675. The second-order valence-corrected chi connectivity index (χ2v) is 5.85. The molecule has 1 aliphatic carbocycles. The van der Waals surface area contributed by atoms with Crippen LogP contribution < -0.4 is 10.1 Å². The van der Waals surface area contributed by atoms with Crippen molar-refractivity contribution in [2.24, 2.45) is 0 Å². The standard InChI is InChI=1S/C18H21N3O2/c1-21(12-13-7-9-19-10-8-13)18(22)20-16-11-15(16)14-5-3-4-6-17(14)23-2/h3-10,15-16H,11-12H2,1-2H3,(H,20,22)/t15-,16-/m1/s1. The van der Waals surface area contributed by atoms with Crippen LogP contribution in [0.3, 0.4) is 0 Å². The van der Waals surface area contributed by atoms with Crippen LogP contribution in [0.1, 0.15) is 23.5 Å². The number of nitrogens with zero attached hydrogens (tertiary/aromatic N) is 2. The Morgan fingerprint density at radius 1 is 1.30 bits per heavy atom. The van der Waals surface area contributed by atoms with Gasteiger partial charge >= 0.3 is 6.03 Å². The average Bonchev–Trinajstić information content (AvgIpc) is 3.34. The minimum Gasteiger partial charge on any atom is -0.496 e. The Hall–Kier alpha value is -2.56. The van der Waals surface area contributed by atoms with Crippen LogP contribution in [0.15, 0.2) is 48.8 Å². The molecule has 0 bridgehead atoms. The molecule has 0 aliphatic heterocycles. The number of nitrogens with one attached hydrogen (secondary N) is 1. The quantitative estimate of drug-likeness (QED) is 0.924. The molecule has 0 spiro atoms. The molecule has 5 nitrogen and oxygen atoms in total. The van der Waals surface area contributed by atoms with E-state index >= 15 is 0 Å². The van der Waals surface area contributed by atoms with Crippen molar-refractivity contribution in [2.45, 2.75) is 24.9 Å². The lowest BCUT2D eigenvalue weighted by molar-refractivity contribution is 0.206. The number of amides is 2. The molecule has 5 heteroatoms. The minimum atomic E-state index is -0.0517. The van der Waals surface area contributed by atoms with Gasteiger partial charge in [0.15, 0.2) is 0 Å². The SMILES string of the molecule is COc1ccccc1[C@H]1C[C@H]1NC(=O)N(C)Cc1ccncc1. The first kappa shape index (κ1) is 15.3. The molecule has 2 atom stereocenters. The Labute approximate surface area is 136 Å². The zero-order valence-corrected chi connectivity index (χ0v) is 13.4. The molecular formula is C18H21N3O2. The average molecular weight is 311 g/mol. The fourth-order valence-electron chi connectivity index (χ4n) is 2.77. The summed E-state index contributed by atoms with van der Waals surface area (Å²) in [6, 6.07) is 11.9. The van der Waals surface area contributed by atoms with Crippen LogP contribution in [0.2, 0.25) is 0 Å². The van der Waals surface area contributed by atoms with Crippen LogP contribution >= 0.6 is 0 Å². The Kier molecular flexibility index (Phi) is 4.46.